The van der Waals surface area contributed by atoms with Crippen molar-refractivity contribution in [2.24, 2.45) is 0 Å². The van der Waals surface area contributed by atoms with E-state index in [-0.39, 0.29) is 5.91 Å². The highest BCUT2D eigenvalue weighted by Gasteiger charge is 2.21. The first kappa shape index (κ1) is 16.6. The molecule has 3 aromatic heterocycles. The van der Waals surface area contributed by atoms with Gasteiger partial charge in [-0.25, -0.2) is 15.0 Å². The lowest BCUT2D eigenvalue weighted by Crippen LogP contribution is -2.35. The molecule has 5 heterocycles. The Morgan fingerprint density at radius 1 is 0.963 bits per heavy atom. The normalized spacial score (nSPS) is 17.9. The molecule has 2 fully saturated rings. The first-order valence-corrected chi connectivity index (χ1v) is 10.4. The van der Waals surface area contributed by atoms with Gasteiger partial charge in [0.25, 0.3) is 0 Å². The zero-order valence-corrected chi connectivity index (χ0v) is 15.9. The van der Waals surface area contributed by atoms with E-state index in [9.17, 15) is 4.79 Å². The number of thiazole rings is 1. The fourth-order valence-electron chi connectivity index (χ4n) is 3.81. The molecule has 138 valence electrons. The summed E-state index contributed by atoms with van der Waals surface area (Å²) in [4.78, 5) is 30.1. The Labute approximate surface area is 161 Å². The molecular weight excluding hydrogens is 358 g/mol. The molecule has 7 heteroatoms. The fourth-order valence-corrected chi connectivity index (χ4v) is 4.75. The predicted molar refractivity (Wildman–Crippen MR) is 108 cm³/mol. The highest BCUT2D eigenvalue weighted by atomic mass is 32.1. The van der Waals surface area contributed by atoms with Crippen LogP contribution in [-0.4, -0.2) is 40.5 Å². The van der Waals surface area contributed by atoms with E-state index in [1.54, 1.807) is 17.5 Å². The van der Waals surface area contributed by atoms with Gasteiger partial charge in [-0.3, -0.25) is 4.79 Å². The van der Waals surface area contributed by atoms with Crippen molar-refractivity contribution in [2.75, 3.05) is 29.4 Å². The predicted octanol–water partition coefficient (Wildman–Crippen LogP) is 3.87. The number of aromatic nitrogens is 3. The van der Waals surface area contributed by atoms with Crippen molar-refractivity contribution in [3.05, 3.63) is 30.6 Å². The van der Waals surface area contributed by atoms with Crippen LogP contribution in [0.1, 0.15) is 32.1 Å². The van der Waals surface area contributed by atoms with E-state index in [0.29, 0.717) is 6.42 Å². The van der Waals surface area contributed by atoms with E-state index in [1.165, 1.54) is 12.8 Å². The molecule has 2 aliphatic rings. The Morgan fingerprint density at radius 2 is 1.81 bits per heavy atom. The molecule has 3 aromatic rings. The highest BCUT2D eigenvalue weighted by molar-refractivity contribution is 7.21. The Bertz CT molecular complexity index is 978. The minimum atomic E-state index is 0.189. The molecule has 0 aromatic carbocycles. The largest absolute Gasteiger partial charge is 0.357 e. The van der Waals surface area contributed by atoms with E-state index in [2.05, 4.69) is 32.0 Å². The zero-order chi connectivity index (χ0) is 18.2. The number of rotatable bonds is 3. The van der Waals surface area contributed by atoms with Crippen LogP contribution in [-0.2, 0) is 4.79 Å². The maximum absolute atomic E-state index is 12.2. The summed E-state index contributed by atoms with van der Waals surface area (Å²) in [5, 5.41) is 0.917. The second-order valence-corrected chi connectivity index (χ2v) is 8.17. The van der Waals surface area contributed by atoms with E-state index in [4.69, 9.17) is 0 Å². The Morgan fingerprint density at radius 3 is 2.59 bits per heavy atom. The summed E-state index contributed by atoms with van der Waals surface area (Å²) in [5.41, 5.74) is 2.62. The van der Waals surface area contributed by atoms with Gasteiger partial charge in [0.05, 0.1) is 16.6 Å². The molecule has 0 radical (unpaired) electrons. The van der Waals surface area contributed by atoms with Gasteiger partial charge in [0, 0.05) is 37.8 Å². The number of nitrogens with zero attached hydrogens (tertiary/aromatic N) is 5. The summed E-state index contributed by atoms with van der Waals surface area (Å²) < 4.78 is 1.00. The number of carbonyl (C=O) groups is 1. The minimum absolute atomic E-state index is 0.189. The SMILES string of the molecule is O=C1CCCCN1c1cnc2nc(-c3ccc(N4CCCC4)nc3)sc2c1. The number of amides is 1. The minimum Gasteiger partial charge on any atom is -0.357 e. The molecule has 6 nitrogen and oxygen atoms in total. The van der Waals surface area contributed by atoms with E-state index < -0.39 is 0 Å². The highest BCUT2D eigenvalue weighted by Crippen LogP contribution is 2.32. The van der Waals surface area contributed by atoms with Crippen molar-refractivity contribution in [1.82, 2.24) is 15.0 Å². The van der Waals surface area contributed by atoms with Crippen LogP contribution in [0.3, 0.4) is 0 Å². The van der Waals surface area contributed by atoms with Gasteiger partial charge in [-0.05, 0) is 43.9 Å². The molecule has 2 aliphatic heterocycles. The van der Waals surface area contributed by atoms with Gasteiger partial charge in [0.2, 0.25) is 5.91 Å². The molecule has 0 aliphatic carbocycles. The average molecular weight is 379 g/mol. The molecule has 0 unspecified atom stereocenters. The lowest BCUT2D eigenvalue weighted by molar-refractivity contribution is -0.119. The van der Waals surface area contributed by atoms with Crippen molar-refractivity contribution in [1.29, 1.82) is 0 Å². The molecule has 0 bridgehead atoms. The van der Waals surface area contributed by atoms with Gasteiger partial charge in [-0.2, -0.15) is 0 Å². The van der Waals surface area contributed by atoms with Crippen molar-refractivity contribution >= 4 is 39.1 Å². The fraction of sp³-hybridized carbons (Fsp3) is 0.400. The molecule has 5 rings (SSSR count). The Balaban J connectivity index is 1.43. The van der Waals surface area contributed by atoms with Crippen molar-refractivity contribution < 1.29 is 4.79 Å². The third-order valence-corrected chi connectivity index (χ3v) is 6.33. The van der Waals surface area contributed by atoms with E-state index in [1.807, 2.05) is 17.2 Å². The topological polar surface area (TPSA) is 62.2 Å². The summed E-state index contributed by atoms with van der Waals surface area (Å²) in [6.45, 7) is 2.96. The number of hydrogen-bond donors (Lipinski definition) is 0. The van der Waals surface area contributed by atoms with Crippen LogP contribution in [0.5, 0.6) is 0 Å². The number of anilines is 2. The van der Waals surface area contributed by atoms with Gasteiger partial charge in [-0.1, -0.05) is 0 Å². The number of pyridine rings is 2. The van der Waals surface area contributed by atoms with E-state index >= 15 is 0 Å². The van der Waals surface area contributed by atoms with Gasteiger partial charge in [0.15, 0.2) is 5.65 Å². The maximum Gasteiger partial charge on any atom is 0.227 e. The summed E-state index contributed by atoms with van der Waals surface area (Å²) in [6, 6.07) is 6.21. The lowest BCUT2D eigenvalue weighted by Gasteiger charge is -2.26. The van der Waals surface area contributed by atoms with E-state index in [0.717, 1.165) is 64.9 Å². The zero-order valence-electron chi connectivity index (χ0n) is 15.1. The molecule has 0 atom stereocenters. The summed E-state index contributed by atoms with van der Waals surface area (Å²) in [5.74, 6) is 1.23. The molecule has 2 saturated heterocycles. The van der Waals surface area contributed by atoms with Gasteiger partial charge in [0.1, 0.15) is 10.8 Å². The van der Waals surface area contributed by atoms with Crippen LogP contribution < -0.4 is 9.80 Å². The third-order valence-electron chi connectivity index (χ3n) is 5.29. The monoisotopic (exact) mass is 379 g/mol. The van der Waals surface area contributed by atoms with Crippen LogP contribution in [0.25, 0.3) is 20.9 Å². The van der Waals surface area contributed by atoms with Gasteiger partial charge in [-0.15, -0.1) is 11.3 Å². The van der Waals surface area contributed by atoms with Crippen molar-refractivity contribution in [2.45, 2.75) is 32.1 Å². The lowest BCUT2D eigenvalue weighted by atomic mass is 10.1. The smallest absolute Gasteiger partial charge is 0.227 e. The second-order valence-electron chi connectivity index (χ2n) is 7.14. The molecule has 0 spiro atoms. The standard InChI is InChI=1S/C20H21N5OS/c26-18-5-1-2-10-25(18)15-11-16-19(22-13-15)23-20(27-16)14-6-7-17(21-12-14)24-8-3-4-9-24/h6-7,11-13H,1-5,8-10H2. The second kappa shape index (κ2) is 6.88. The number of hydrogen-bond acceptors (Lipinski definition) is 6. The first-order valence-electron chi connectivity index (χ1n) is 9.56. The molecule has 27 heavy (non-hydrogen) atoms. The Hall–Kier alpha value is -2.54. The summed E-state index contributed by atoms with van der Waals surface area (Å²) >= 11 is 1.60. The number of carbonyl (C=O) groups excluding carboxylic acids is 1. The quantitative estimate of drug-likeness (QED) is 0.691. The van der Waals surface area contributed by atoms with Gasteiger partial charge >= 0.3 is 0 Å². The molecule has 1 amide bonds. The average Bonchev–Trinajstić information content (AvgIpc) is 3.38. The third kappa shape index (κ3) is 3.16. The number of piperidine rings is 1. The van der Waals surface area contributed by atoms with Gasteiger partial charge < -0.3 is 9.80 Å². The maximum atomic E-state index is 12.2. The van der Waals surface area contributed by atoms with Crippen LogP contribution >= 0.6 is 11.3 Å². The van der Waals surface area contributed by atoms with Crippen molar-refractivity contribution in [3.8, 4) is 10.6 Å². The van der Waals surface area contributed by atoms with Crippen LogP contribution in [0.15, 0.2) is 30.6 Å². The van der Waals surface area contributed by atoms with Crippen LogP contribution in [0.2, 0.25) is 0 Å². The summed E-state index contributed by atoms with van der Waals surface area (Å²) in [6.07, 6.45) is 8.82. The number of fused-ring (bicyclic) bond motifs is 1. The van der Waals surface area contributed by atoms with Crippen LogP contribution in [0, 0.1) is 0 Å². The molecule has 0 N–H and O–H groups in total. The van der Waals surface area contributed by atoms with Crippen molar-refractivity contribution in [3.63, 3.8) is 0 Å². The van der Waals surface area contributed by atoms with Crippen LogP contribution in [0.4, 0.5) is 11.5 Å². The molecule has 0 saturated carbocycles. The summed E-state index contributed by atoms with van der Waals surface area (Å²) in [7, 11) is 0. The molecular formula is C20H21N5OS. The Kier molecular flexibility index (Phi) is 4.24. The first-order chi connectivity index (χ1) is 13.3.